The number of halogens is 1. The number of aliphatic hydroxyl groups is 1. The van der Waals surface area contributed by atoms with E-state index in [0.29, 0.717) is 21.8 Å². The lowest BCUT2D eigenvalue weighted by atomic mass is 9.98. The zero-order valence-electron chi connectivity index (χ0n) is 22.3. The van der Waals surface area contributed by atoms with Crippen molar-refractivity contribution in [3.63, 3.8) is 0 Å². The molecular weight excluding hydrogens is 498 g/mol. The summed E-state index contributed by atoms with van der Waals surface area (Å²) in [6.45, 7) is 11.1. The van der Waals surface area contributed by atoms with Crippen molar-refractivity contribution in [1.29, 1.82) is 0 Å². The highest BCUT2D eigenvalue weighted by molar-refractivity contribution is 6.34. The third-order valence-electron chi connectivity index (χ3n) is 5.54. The molecule has 0 heterocycles. The average Bonchev–Trinajstić information content (AvgIpc) is 2.78. The van der Waals surface area contributed by atoms with Gasteiger partial charge in [0.2, 0.25) is 5.91 Å². The number of carbonyl (C=O) groups is 3. The summed E-state index contributed by atoms with van der Waals surface area (Å²) in [5, 5.41) is 26.4. The molecule has 202 valence electrons. The van der Waals surface area contributed by atoms with Gasteiger partial charge in [-0.1, -0.05) is 41.9 Å². The minimum Gasteiger partial charge on any atom is -0.507 e. The molecule has 2 atom stereocenters. The Morgan fingerprint density at radius 1 is 1.05 bits per heavy atom. The van der Waals surface area contributed by atoms with Crippen molar-refractivity contribution < 1.29 is 29.3 Å². The molecule has 9 nitrogen and oxygen atoms in total. The van der Waals surface area contributed by atoms with Crippen LogP contribution in [0.2, 0.25) is 5.02 Å². The molecule has 0 bridgehead atoms. The molecule has 10 heteroatoms. The van der Waals surface area contributed by atoms with Gasteiger partial charge in [0.25, 0.3) is 5.91 Å². The molecule has 4 N–H and O–H groups in total. The van der Waals surface area contributed by atoms with Gasteiger partial charge in [0.15, 0.2) is 0 Å². The Labute approximate surface area is 222 Å². The molecule has 2 rings (SSSR count). The minimum absolute atomic E-state index is 0.155. The van der Waals surface area contributed by atoms with E-state index in [1.807, 2.05) is 0 Å². The molecule has 0 saturated heterocycles. The van der Waals surface area contributed by atoms with Crippen LogP contribution < -0.4 is 10.6 Å². The summed E-state index contributed by atoms with van der Waals surface area (Å²) in [5.74, 6) is -1.52. The van der Waals surface area contributed by atoms with E-state index in [0.717, 1.165) is 0 Å². The van der Waals surface area contributed by atoms with Crippen LogP contribution in [-0.4, -0.2) is 57.3 Å². The predicted molar refractivity (Wildman–Crippen MR) is 143 cm³/mol. The Morgan fingerprint density at radius 2 is 1.65 bits per heavy atom. The van der Waals surface area contributed by atoms with E-state index in [1.165, 1.54) is 4.90 Å². The number of amides is 3. The van der Waals surface area contributed by atoms with Crippen LogP contribution in [0.1, 0.15) is 57.4 Å². The van der Waals surface area contributed by atoms with E-state index in [2.05, 4.69) is 10.6 Å². The molecule has 0 aliphatic rings. The Kier molecular flexibility index (Phi) is 9.94. The van der Waals surface area contributed by atoms with Gasteiger partial charge in [0.05, 0.1) is 17.3 Å². The fraction of sp³-hybridized carbons (Fsp3) is 0.444. The SMILES string of the molecule is Cc1cccc(C(C(=O)Nc2c(C)cccc2Cl)N(C(=O)C(CO)NC(=O)OC(C)(C)C)C(C)C)c1O. The first-order chi connectivity index (χ1) is 17.2. The number of aliphatic hydroxyl groups excluding tert-OH is 1. The molecule has 3 amide bonds. The number of aromatic hydroxyl groups is 1. The van der Waals surface area contributed by atoms with Gasteiger partial charge in [0.1, 0.15) is 23.4 Å². The molecule has 0 radical (unpaired) electrons. The topological polar surface area (TPSA) is 128 Å². The summed E-state index contributed by atoms with van der Waals surface area (Å²) >= 11 is 6.33. The zero-order valence-corrected chi connectivity index (χ0v) is 23.0. The molecule has 2 unspecified atom stereocenters. The van der Waals surface area contributed by atoms with Gasteiger partial charge >= 0.3 is 6.09 Å². The summed E-state index contributed by atoms with van der Waals surface area (Å²) < 4.78 is 5.23. The number of ether oxygens (including phenoxy) is 1. The maximum atomic E-state index is 13.8. The molecular formula is C27H36ClN3O6. The van der Waals surface area contributed by atoms with E-state index >= 15 is 0 Å². The van der Waals surface area contributed by atoms with Gasteiger partial charge < -0.3 is 30.5 Å². The number of anilines is 1. The smallest absolute Gasteiger partial charge is 0.408 e. The van der Waals surface area contributed by atoms with Crippen molar-refractivity contribution in [2.24, 2.45) is 0 Å². The fourth-order valence-electron chi connectivity index (χ4n) is 3.80. The van der Waals surface area contributed by atoms with Crippen molar-refractivity contribution >= 4 is 35.2 Å². The van der Waals surface area contributed by atoms with Gasteiger partial charge in [0, 0.05) is 11.6 Å². The number of aryl methyl sites for hydroxylation is 2. The van der Waals surface area contributed by atoms with Crippen molar-refractivity contribution in [1.82, 2.24) is 10.2 Å². The number of nitrogens with one attached hydrogen (secondary N) is 2. The van der Waals surface area contributed by atoms with Crippen LogP contribution >= 0.6 is 11.6 Å². The van der Waals surface area contributed by atoms with Crippen molar-refractivity contribution in [3.8, 4) is 5.75 Å². The van der Waals surface area contributed by atoms with Crippen LogP contribution in [0.25, 0.3) is 0 Å². The summed E-state index contributed by atoms with van der Waals surface area (Å²) in [6, 6.07) is 6.73. The van der Waals surface area contributed by atoms with Gasteiger partial charge in [-0.2, -0.15) is 0 Å². The van der Waals surface area contributed by atoms with Crippen molar-refractivity contribution in [3.05, 3.63) is 58.1 Å². The number of nitrogens with zero attached hydrogens (tertiary/aromatic N) is 1. The van der Waals surface area contributed by atoms with E-state index < -0.39 is 48.2 Å². The molecule has 2 aromatic carbocycles. The van der Waals surface area contributed by atoms with Gasteiger partial charge in [-0.25, -0.2) is 4.79 Å². The van der Waals surface area contributed by atoms with Crippen LogP contribution in [0, 0.1) is 13.8 Å². The van der Waals surface area contributed by atoms with Crippen LogP contribution in [0.3, 0.4) is 0 Å². The standard InChI is InChI=1S/C27H36ClN3O6/c1-15(2)31(25(35)20(14-32)29-26(36)37-27(5,6)7)22(18-12-8-11-17(4)23(18)33)24(34)30-21-16(3)10-9-13-19(21)28/h8-13,15,20,22,32-33H,14H2,1-7H3,(H,29,36)(H,30,34). The molecule has 0 fully saturated rings. The van der Waals surface area contributed by atoms with Crippen molar-refractivity contribution in [2.75, 3.05) is 11.9 Å². The Hall–Kier alpha value is -3.30. The quantitative estimate of drug-likeness (QED) is 0.396. The van der Waals surface area contributed by atoms with E-state index in [-0.39, 0.29) is 11.3 Å². The second-order valence-corrected chi connectivity index (χ2v) is 10.5. The van der Waals surface area contributed by atoms with Crippen LogP contribution in [-0.2, 0) is 14.3 Å². The molecule has 37 heavy (non-hydrogen) atoms. The first-order valence-corrected chi connectivity index (χ1v) is 12.3. The highest BCUT2D eigenvalue weighted by Crippen LogP contribution is 2.35. The molecule has 0 saturated carbocycles. The number of phenolic OH excluding ortho intramolecular Hbond substituents is 1. The van der Waals surface area contributed by atoms with E-state index in [1.54, 1.807) is 84.9 Å². The first kappa shape index (κ1) is 29.9. The number of rotatable bonds is 8. The van der Waals surface area contributed by atoms with Gasteiger partial charge in [-0.05, 0) is 65.7 Å². The lowest BCUT2D eigenvalue weighted by molar-refractivity contribution is -0.143. The molecule has 0 aliphatic carbocycles. The maximum Gasteiger partial charge on any atom is 0.408 e. The summed E-state index contributed by atoms with van der Waals surface area (Å²) in [6.07, 6.45) is -0.894. The number of hydrogen-bond acceptors (Lipinski definition) is 6. The predicted octanol–water partition coefficient (Wildman–Crippen LogP) is 4.46. The van der Waals surface area contributed by atoms with Crippen LogP contribution in [0.15, 0.2) is 36.4 Å². The molecule has 0 aliphatic heterocycles. The Balaban J connectivity index is 2.57. The van der Waals surface area contributed by atoms with E-state index in [4.69, 9.17) is 16.3 Å². The fourth-order valence-corrected chi connectivity index (χ4v) is 4.07. The molecule has 2 aromatic rings. The van der Waals surface area contributed by atoms with Gasteiger partial charge in [-0.15, -0.1) is 0 Å². The zero-order chi connectivity index (χ0) is 28.1. The number of alkyl carbamates (subject to hydrolysis) is 1. The lowest BCUT2D eigenvalue weighted by Gasteiger charge is -2.37. The third kappa shape index (κ3) is 7.60. The summed E-state index contributed by atoms with van der Waals surface area (Å²) in [7, 11) is 0. The Bertz CT molecular complexity index is 1130. The first-order valence-electron chi connectivity index (χ1n) is 11.9. The van der Waals surface area contributed by atoms with Crippen molar-refractivity contribution in [2.45, 2.75) is 72.2 Å². The minimum atomic E-state index is -1.40. The maximum absolute atomic E-state index is 13.8. The Morgan fingerprint density at radius 3 is 2.19 bits per heavy atom. The summed E-state index contributed by atoms with van der Waals surface area (Å²) in [5.41, 5.74) is 0.931. The highest BCUT2D eigenvalue weighted by Gasteiger charge is 2.39. The number of phenols is 1. The number of para-hydroxylation sites is 2. The molecule has 0 spiro atoms. The van der Waals surface area contributed by atoms with Crippen LogP contribution in [0.5, 0.6) is 5.75 Å². The molecule has 0 aromatic heterocycles. The lowest BCUT2D eigenvalue weighted by Crippen LogP contribution is -2.55. The largest absolute Gasteiger partial charge is 0.507 e. The van der Waals surface area contributed by atoms with Gasteiger partial charge in [-0.3, -0.25) is 9.59 Å². The monoisotopic (exact) mass is 533 g/mol. The third-order valence-corrected chi connectivity index (χ3v) is 5.86. The second-order valence-electron chi connectivity index (χ2n) is 10.1. The average molecular weight is 534 g/mol. The highest BCUT2D eigenvalue weighted by atomic mass is 35.5. The number of hydrogen-bond donors (Lipinski definition) is 4. The normalized spacial score (nSPS) is 13.0. The second kappa shape index (κ2) is 12.3. The number of benzene rings is 2. The number of carbonyl (C=O) groups excluding carboxylic acids is 3. The van der Waals surface area contributed by atoms with E-state index in [9.17, 15) is 24.6 Å². The summed E-state index contributed by atoms with van der Waals surface area (Å²) in [4.78, 5) is 41.1. The van der Waals surface area contributed by atoms with Crippen LogP contribution in [0.4, 0.5) is 10.5 Å².